The van der Waals surface area contributed by atoms with Crippen molar-refractivity contribution in [2.45, 2.75) is 45.7 Å². The predicted molar refractivity (Wildman–Crippen MR) is 60.2 cm³/mol. The predicted octanol–water partition coefficient (Wildman–Crippen LogP) is 3.59. The molecule has 2 atom stereocenters. The average Bonchev–Trinajstić information content (AvgIpc) is 2.55. The topological polar surface area (TPSA) is 12.0 Å². The zero-order chi connectivity index (χ0) is 9.68. The van der Waals surface area contributed by atoms with Crippen LogP contribution in [0.4, 0.5) is 0 Å². The molecule has 0 aromatic carbocycles. The minimum absolute atomic E-state index is 0.501. The molecule has 1 nitrogen and oxygen atoms in total. The second-order valence-electron chi connectivity index (χ2n) is 3.59. The lowest BCUT2D eigenvalue weighted by Gasteiger charge is -2.18. The van der Waals surface area contributed by atoms with Crippen molar-refractivity contribution < 1.29 is 0 Å². The lowest BCUT2D eigenvalue weighted by molar-refractivity contribution is 0.456. The van der Waals surface area contributed by atoms with Crippen LogP contribution in [0.15, 0.2) is 17.5 Å². The lowest BCUT2D eigenvalue weighted by atomic mass is 10.1. The minimum atomic E-state index is 0.501. The van der Waals surface area contributed by atoms with Crippen LogP contribution in [0.3, 0.4) is 0 Å². The fourth-order valence-corrected chi connectivity index (χ4v) is 2.31. The Balaban J connectivity index is 2.37. The SMILES string of the molecule is CCCC(C)NC(C)c1cccs1. The van der Waals surface area contributed by atoms with Gasteiger partial charge >= 0.3 is 0 Å². The normalized spacial score (nSPS) is 15.6. The van der Waals surface area contributed by atoms with Gasteiger partial charge in [0.2, 0.25) is 0 Å². The van der Waals surface area contributed by atoms with E-state index in [2.05, 4.69) is 43.6 Å². The summed E-state index contributed by atoms with van der Waals surface area (Å²) in [5.74, 6) is 0. The van der Waals surface area contributed by atoms with Gasteiger partial charge in [0.15, 0.2) is 0 Å². The number of hydrogen-bond acceptors (Lipinski definition) is 2. The van der Waals surface area contributed by atoms with Crippen LogP contribution in [0.25, 0.3) is 0 Å². The largest absolute Gasteiger partial charge is 0.307 e. The fraction of sp³-hybridized carbons (Fsp3) is 0.636. The second-order valence-corrected chi connectivity index (χ2v) is 4.57. The van der Waals surface area contributed by atoms with Crippen LogP contribution in [0.1, 0.15) is 44.5 Å². The van der Waals surface area contributed by atoms with Gasteiger partial charge in [-0.3, -0.25) is 0 Å². The highest BCUT2D eigenvalue weighted by atomic mass is 32.1. The van der Waals surface area contributed by atoms with Crippen molar-refractivity contribution >= 4 is 11.3 Å². The molecule has 0 saturated heterocycles. The van der Waals surface area contributed by atoms with Crippen molar-refractivity contribution in [3.8, 4) is 0 Å². The molecule has 0 amide bonds. The molecule has 1 heterocycles. The van der Waals surface area contributed by atoms with Gasteiger partial charge in [-0.2, -0.15) is 0 Å². The third-order valence-electron chi connectivity index (χ3n) is 2.23. The van der Waals surface area contributed by atoms with Gasteiger partial charge in [0.1, 0.15) is 0 Å². The van der Waals surface area contributed by atoms with Gasteiger partial charge in [-0.15, -0.1) is 11.3 Å². The van der Waals surface area contributed by atoms with Crippen molar-refractivity contribution in [1.29, 1.82) is 0 Å². The Bertz CT molecular complexity index is 218. The molecule has 0 fully saturated rings. The molecule has 2 unspecified atom stereocenters. The number of thiophene rings is 1. The number of hydrogen-bond donors (Lipinski definition) is 1. The quantitative estimate of drug-likeness (QED) is 0.760. The van der Waals surface area contributed by atoms with Crippen LogP contribution in [-0.2, 0) is 0 Å². The summed E-state index contributed by atoms with van der Waals surface area (Å²) in [6.45, 7) is 6.72. The highest BCUT2D eigenvalue weighted by Crippen LogP contribution is 2.18. The summed E-state index contributed by atoms with van der Waals surface area (Å²) in [7, 11) is 0. The second kappa shape index (κ2) is 5.40. The van der Waals surface area contributed by atoms with E-state index in [0.717, 1.165) is 0 Å². The molecule has 1 rings (SSSR count). The van der Waals surface area contributed by atoms with Crippen LogP contribution < -0.4 is 5.32 Å². The van der Waals surface area contributed by atoms with Crippen LogP contribution in [0.5, 0.6) is 0 Å². The Morgan fingerprint density at radius 1 is 1.46 bits per heavy atom. The van der Waals surface area contributed by atoms with E-state index in [1.165, 1.54) is 17.7 Å². The van der Waals surface area contributed by atoms with Gasteiger partial charge in [0.05, 0.1) is 0 Å². The Labute approximate surface area is 85.2 Å². The Morgan fingerprint density at radius 3 is 2.77 bits per heavy atom. The molecule has 0 spiro atoms. The zero-order valence-corrected chi connectivity index (χ0v) is 9.53. The number of nitrogens with one attached hydrogen (secondary N) is 1. The molecule has 0 aliphatic heterocycles. The highest BCUT2D eigenvalue weighted by Gasteiger charge is 2.08. The smallest absolute Gasteiger partial charge is 0.0388 e. The van der Waals surface area contributed by atoms with Crippen molar-refractivity contribution in [2.24, 2.45) is 0 Å². The van der Waals surface area contributed by atoms with E-state index in [-0.39, 0.29) is 0 Å². The van der Waals surface area contributed by atoms with Gasteiger partial charge < -0.3 is 5.32 Å². The van der Waals surface area contributed by atoms with Crippen molar-refractivity contribution in [3.05, 3.63) is 22.4 Å². The summed E-state index contributed by atoms with van der Waals surface area (Å²) < 4.78 is 0. The molecule has 0 bridgehead atoms. The minimum Gasteiger partial charge on any atom is -0.307 e. The van der Waals surface area contributed by atoms with Gasteiger partial charge in [-0.1, -0.05) is 19.4 Å². The maximum absolute atomic E-state index is 3.59. The molecule has 1 aromatic rings. The summed E-state index contributed by atoms with van der Waals surface area (Å²) in [5.41, 5.74) is 0. The fourth-order valence-electron chi connectivity index (χ4n) is 1.56. The van der Waals surface area contributed by atoms with Crippen LogP contribution >= 0.6 is 11.3 Å². The van der Waals surface area contributed by atoms with Crippen molar-refractivity contribution in [3.63, 3.8) is 0 Å². The summed E-state index contributed by atoms with van der Waals surface area (Å²) in [5, 5.41) is 5.73. The van der Waals surface area contributed by atoms with Crippen LogP contribution in [-0.4, -0.2) is 6.04 Å². The molecule has 0 radical (unpaired) electrons. The van der Waals surface area contributed by atoms with E-state index in [9.17, 15) is 0 Å². The van der Waals surface area contributed by atoms with Gasteiger partial charge in [-0.25, -0.2) is 0 Å². The first-order valence-electron chi connectivity index (χ1n) is 5.03. The monoisotopic (exact) mass is 197 g/mol. The molecular formula is C11H19NS. The first kappa shape index (κ1) is 10.7. The molecule has 13 heavy (non-hydrogen) atoms. The first-order chi connectivity index (χ1) is 6.24. The summed E-state index contributed by atoms with van der Waals surface area (Å²) >= 11 is 1.83. The lowest BCUT2D eigenvalue weighted by Crippen LogP contribution is -2.28. The standard InChI is InChI=1S/C11H19NS/c1-4-6-9(2)12-10(3)11-7-5-8-13-11/h5,7-10,12H,4,6H2,1-3H3. The molecular weight excluding hydrogens is 178 g/mol. The highest BCUT2D eigenvalue weighted by molar-refractivity contribution is 7.10. The third kappa shape index (κ3) is 3.49. The third-order valence-corrected chi connectivity index (χ3v) is 3.28. The van der Waals surface area contributed by atoms with E-state index < -0.39 is 0 Å². The zero-order valence-electron chi connectivity index (χ0n) is 8.71. The van der Waals surface area contributed by atoms with Crippen molar-refractivity contribution in [1.82, 2.24) is 5.32 Å². The molecule has 0 aliphatic carbocycles. The van der Waals surface area contributed by atoms with E-state index in [1.807, 2.05) is 11.3 Å². The van der Waals surface area contributed by atoms with E-state index in [1.54, 1.807) is 0 Å². The Morgan fingerprint density at radius 2 is 2.23 bits per heavy atom. The maximum Gasteiger partial charge on any atom is 0.0388 e. The van der Waals surface area contributed by atoms with Gasteiger partial charge in [-0.05, 0) is 31.7 Å². The molecule has 1 N–H and O–H groups in total. The van der Waals surface area contributed by atoms with E-state index in [0.29, 0.717) is 12.1 Å². The van der Waals surface area contributed by atoms with Crippen LogP contribution in [0, 0.1) is 0 Å². The van der Waals surface area contributed by atoms with Gasteiger partial charge in [0.25, 0.3) is 0 Å². The summed E-state index contributed by atoms with van der Waals surface area (Å²) in [6, 6.07) is 5.44. The molecule has 1 aromatic heterocycles. The van der Waals surface area contributed by atoms with Crippen LogP contribution in [0.2, 0.25) is 0 Å². The maximum atomic E-state index is 3.59. The Kier molecular flexibility index (Phi) is 4.46. The van der Waals surface area contributed by atoms with E-state index in [4.69, 9.17) is 0 Å². The Hall–Kier alpha value is -0.340. The first-order valence-corrected chi connectivity index (χ1v) is 5.91. The summed E-state index contributed by atoms with van der Waals surface area (Å²) in [4.78, 5) is 1.43. The molecule has 74 valence electrons. The molecule has 0 saturated carbocycles. The summed E-state index contributed by atoms with van der Waals surface area (Å²) in [6.07, 6.45) is 2.51. The molecule has 2 heteroatoms. The average molecular weight is 197 g/mol. The number of rotatable bonds is 5. The van der Waals surface area contributed by atoms with Gasteiger partial charge in [0, 0.05) is 17.0 Å². The van der Waals surface area contributed by atoms with Crippen molar-refractivity contribution in [2.75, 3.05) is 0 Å². The van der Waals surface area contributed by atoms with E-state index >= 15 is 0 Å². The molecule has 0 aliphatic rings.